The zero-order valence-corrected chi connectivity index (χ0v) is 22.6. The average molecular weight is 571 g/mol. The molecule has 2 aromatic carbocycles. The monoisotopic (exact) mass is 570 g/mol. The Bertz CT molecular complexity index is 1160. The number of halogens is 5. The molecule has 0 bridgehead atoms. The number of nitrogens with zero attached hydrogens (tertiary/aromatic N) is 2. The first-order valence-corrected chi connectivity index (χ1v) is 13.2. The van der Waals surface area contributed by atoms with Gasteiger partial charge in [0.15, 0.2) is 0 Å². The number of rotatable bonds is 7. The van der Waals surface area contributed by atoms with Gasteiger partial charge in [0.2, 0.25) is 5.91 Å². The van der Waals surface area contributed by atoms with Crippen LogP contribution in [0.3, 0.4) is 0 Å². The zero-order chi connectivity index (χ0) is 29.5. The van der Waals surface area contributed by atoms with Crippen LogP contribution in [-0.4, -0.2) is 65.7 Å². The predicted octanol–water partition coefficient (Wildman–Crippen LogP) is 5.69. The fourth-order valence-electron chi connectivity index (χ4n) is 5.03. The molecule has 0 unspecified atom stereocenters. The maximum absolute atomic E-state index is 13.9. The third-order valence-corrected chi connectivity index (χ3v) is 7.22. The predicted molar refractivity (Wildman–Crippen MR) is 139 cm³/mol. The van der Waals surface area contributed by atoms with E-state index in [1.54, 1.807) is 0 Å². The number of likely N-dealkylation sites (tertiary alicyclic amines) is 2. The van der Waals surface area contributed by atoms with Gasteiger partial charge in [0, 0.05) is 37.3 Å². The van der Waals surface area contributed by atoms with E-state index in [4.69, 9.17) is 14.6 Å². The van der Waals surface area contributed by atoms with Crippen LogP contribution in [0, 0.1) is 23.0 Å². The number of piperidine rings is 1. The number of hydrogen-bond donors (Lipinski definition) is 1. The van der Waals surface area contributed by atoms with E-state index in [1.807, 2.05) is 11.0 Å². The van der Waals surface area contributed by atoms with Gasteiger partial charge in [-0.2, -0.15) is 13.2 Å². The second-order valence-electron chi connectivity index (χ2n) is 10.9. The number of carbonyl (C=O) groups is 2. The Balaban J connectivity index is 0.000000559. The number of benzene rings is 2. The Hall–Kier alpha value is -3.21. The van der Waals surface area contributed by atoms with Gasteiger partial charge in [-0.05, 0) is 61.4 Å². The van der Waals surface area contributed by atoms with Crippen LogP contribution in [0.25, 0.3) is 0 Å². The Kier molecular flexibility index (Phi) is 10.5. The third kappa shape index (κ3) is 8.90. The molecular formula is C29H35F5N2O4. The highest BCUT2D eigenvalue weighted by atomic mass is 19.4. The standard InChI is InChI=1S/C27H34F2N2O2.C2HF3O2/c1-20(2)18-33-25-6-4-3-5-21(25)17-30-12-9-27(19-30)10-13-31(14-11-27)26(32)16-22-15-23(28)7-8-24(22)29;3-2(4,5)1(6)7/h3-8,15,20H,9-14,16-19H2,1-2H3;(H,6,7). The summed E-state index contributed by atoms with van der Waals surface area (Å²) in [6.07, 6.45) is -2.14. The minimum atomic E-state index is -5.08. The fourth-order valence-corrected chi connectivity index (χ4v) is 5.03. The molecule has 1 spiro atoms. The molecule has 0 saturated carbocycles. The van der Waals surface area contributed by atoms with Crippen LogP contribution in [0.15, 0.2) is 42.5 Å². The van der Waals surface area contributed by atoms with Gasteiger partial charge < -0.3 is 14.7 Å². The Morgan fingerprint density at radius 3 is 2.25 bits per heavy atom. The molecule has 2 aromatic rings. The summed E-state index contributed by atoms with van der Waals surface area (Å²) in [5, 5.41) is 7.12. The molecule has 0 radical (unpaired) electrons. The van der Waals surface area contributed by atoms with Gasteiger partial charge in [-0.3, -0.25) is 9.69 Å². The quantitative estimate of drug-likeness (QED) is 0.434. The second kappa shape index (κ2) is 13.4. The van der Waals surface area contributed by atoms with Crippen molar-refractivity contribution < 1.29 is 41.4 Å². The largest absolute Gasteiger partial charge is 0.493 e. The van der Waals surface area contributed by atoms with Gasteiger partial charge in [-0.25, -0.2) is 13.6 Å². The molecule has 2 heterocycles. The number of hydrogen-bond acceptors (Lipinski definition) is 4. The summed E-state index contributed by atoms with van der Waals surface area (Å²) in [7, 11) is 0. The van der Waals surface area contributed by atoms with Crippen LogP contribution in [-0.2, 0) is 22.6 Å². The number of carboxylic acids is 1. The van der Waals surface area contributed by atoms with E-state index in [2.05, 4.69) is 36.9 Å². The molecule has 2 fully saturated rings. The van der Waals surface area contributed by atoms with E-state index in [0.29, 0.717) is 25.6 Å². The highest BCUT2D eigenvalue weighted by Gasteiger charge is 2.41. The zero-order valence-electron chi connectivity index (χ0n) is 22.6. The molecule has 1 N–H and O–H groups in total. The highest BCUT2D eigenvalue weighted by Crippen LogP contribution is 2.41. The summed E-state index contributed by atoms with van der Waals surface area (Å²) >= 11 is 0. The molecule has 0 aliphatic carbocycles. The van der Waals surface area contributed by atoms with Gasteiger partial charge in [-0.1, -0.05) is 32.0 Å². The van der Waals surface area contributed by atoms with Crippen molar-refractivity contribution in [2.24, 2.45) is 11.3 Å². The smallest absolute Gasteiger partial charge is 0.490 e. The average Bonchev–Trinajstić information content (AvgIpc) is 3.27. The number of amides is 1. The van der Waals surface area contributed by atoms with E-state index in [9.17, 15) is 26.7 Å². The summed E-state index contributed by atoms with van der Waals surface area (Å²) in [4.78, 5) is 25.9. The maximum atomic E-state index is 13.9. The molecule has 11 heteroatoms. The van der Waals surface area contributed by atoms with Gasteiger partial charge >= 0.3 is 12.1 Å². The van der Waals surface area contributed by atoms with Crippen LogP contribution in [0.2, 0.25) is 0 Å². The number of ether oxygens (including phenoxy) is 1. The maximum Gasteiger partial charge on any atom is 0.490 e. The first-order chi connectivity index (χ1) is 18.8. The van der Waals surface area contributed by atoms with Crippen LogP contribution in [0.4, 0.5) is 22.0 Å². The van der Waals surface area contributed by atoms with Crippen molar-refractivity contribution in [2.45, 2.75) is 52.3 Å². The highest BCUT2D eigenvalue weighted by molar-refractivity contribution is 5.79. The van der Waals surface area contributed by atoms with Crippen LogP contribution < -0.4 is 4.74 Å². The SMILES string of the molecule is CC(C)COc1ccccc1CN1CCC2(CCN(C(=O)Cc3cc(F)ccc3F)CC2)C1.O=C(O)C(F)(F)F. The Morgan fingerprint density at radius 2 is 1.62 bits per heavy atom. The molecule has 6 nitrogen and oxygen atoms in total. The minimum Gasteiger partial charge on any atom is -0.493 e. The van der Waals surface area contributed by atoms with Crippen molar-refractivity contribution in [1.82, 2.24) is 9.80 Å². The van der Waals surface area contributed by atoms with E-state index < -0.39 is 23.8 Å². The third-order valence-electron chi connectivity index (χ3n) is 7.22. The molecule has 0 atom stereocenters. The topological polar surface area (TPSA) is 70.1 Å². The normalized spacial score (nSPS) is 17.1. The van der Waals surface area contributed by atoms with Crippen molar-refractivity contribution in [3.63, 3.8) is 0 Å². The van der Waals surface area contributed by atoms with Crippen molar-refractivity contribution >= 4 is 11.9 Å². The fraction of sp³-hybridized carbons (Fsp3) is 0.517. The Labute approximate surface area is 230 Å². The van der Waals surface area contributed by atoms with Crippen molar-refractivity contribution in [3.05, 3.63) is 65.2 Å². The minimum absolute atomic E-state index is 0.0874. The summed E-state index contributed by atoms with van der Waals surface area (Å²) in [5.74, 6) is -2.47. The summed E-state index contributed by atoms with van der Waals surface area (Å²) < 4.78 is 65.1. The van der Waals surface area contributed by atoms with Crippen molar-refractivity contribution in [1.29, 1.82) is 0 Å². The van der Waals surface area contributed by atoms with E-state index >= 15 is 0 Å². The molecule has 220 valence electrons. The molecule has 4 rings (SSSR count). The summed E-state index contributed by atoms with van der Waals surface area (Å²) in [6.45, 7) is 9.31. The Morgan fingerprint density at radius 1 is 1.00 bits per heavy atom. The molecular weight excluding hydrogens is 535 g/mol. The number of alkyl halides is 3. The van der Waals surface area contributed by atoms with Crippen LogP contribution >= 0.6 is 0 Å². The lowest BCUT2D eigenvalue weighted by atomic mass is 9.77. The summed E-state index contributed by atoms with van der Waals surface area (Å²) in [5.41, 5.74) is 1.58. The lowest BCUT2D eigenvalue weighted by Gasteiger charge is -2.39. The number of carbonyl (C=O) groups excluding carboxylic acids is 1. The van der Waals surface area contributed by atoms with E-state index in [0.717, 1.165) is 62.8 Å². The molecule has 1 amide bonds. The van der Waals surface area contributed by atoms with E-state index in [-0.39, 0.29) is 23.3 Å². The van der Waals surface area contributed by atoms with Gasteiger partial charge in [0.05, 0.1) is 13.0 Å². The van der Waals surface area contributed by atoms with Crippen molar-refractivity contribution in [3.8, 4) is 5.75 Å². The first-order valence-electron chi connectivity index (χ1n) is 13.2. The molecule has 2 saturated heterocycles. The number of carboxylic acid groups (broad SMARTS) is 1. The van der Waals surface area contributed by atoms with Crippen molar-refractivity contribution in [2.75, 3.05) is 32.8 Å². The number of para-hydroxylation sites is 1. The summed E-state index contributed by atoms with van der Waals surface area (Å²) in [6, 6.07) is 11.6. The molecule has 2 aliphatic heterocycles. The van der Waals surface area contributed by atoms with Gasteiger partial charge in [-0.15, -0.1) is 0 Å². The van der Waals surface area contributed by atoms with E-state index in [1.165, 1.54) is 5.56 Å². The molecule has 0 aromatic heterocycles. The van der Waals surface area contributed by atoms with Gasteiger partial charge in [0.1, 0.15) is 17.4 Å². The molecule has 40 heavy (non-hydrogen) atoms. The lowest BCUT2D eigenvalue weighted by molar-refractivity contribution is -0.192. The molecule has 2 aliphatic rings. The van der Waals surface area contributed by atoms with Crippen LogP contribution in [0.1, 0.15) is 44.2 Å². The van der Waals surface area contributed by atoms with Gasteiger partial charge in [0.25, 0.3) is 0 Å². The first kappa shape index (κ1) is 31.3. The lowest BCUT2D eigenvalue weighted by Crippen LogP contribution is -2.44. The number of aliphatic carboxylic acids is 1. The van der Waals surface area contributed by atoms with Crippen LogP contribution in [0.5, 0.6) is 5.75 Å². The second-order valence-corrected chi connectivity index (χ2v) is 10.9.